The Bertz CT molecular complexity index is 412. The van der Waals surface area contributed by atoms with Gasteiger partial charge in [-0.3, -0.25) is 4.79 Å². The van der Waals surface area contributed by atoms with E-state index < -0.39 is 15.3 Å². The predicted molar refractivity (Wildman–Crippen MR) is 69.1 cm³/mol. The summed E-state index contributed by atoms with van der Waals surface area (Å²) in [6, 6.07) is 1.71. The van der Waals surface area contributed by atoms with Crippen LogP contribution in [-0.4, -0.2) is 43.0 Å². The molecule has 1 atom stereocenters. The highest BCUT2D eigenvalue weighted by molar-refractivity contribution is 7.90. The molecule has 0 aliphatic heterocycles. The van der Waals surface area contributed by atoms with E-state index in [2.05, 4.69) is 5.32 Å². The molecule has 0 aromatic carbocycles. The standard InChI is InChI=1S/C11H21N3O3S/c1-5-10(7-12)18(16,17)14(6-2)8-11(15)13-9(3)4/h9-10H,5-6,8H2,1-4H3,(H,13,15). The van der Waals surface area contributed by atoms with E-state index in [9.17, 15) is 13.2 Å². The molecule has 1 N–H and O–H groups in total. The highest BCUT2D eigenvalue weighted by atomic mass is 32.2. The Kier molecular flexibility index (Phi) is 6.88. The molecule has 1 amide bonds. The van der Waals surface area contributed by atoms with Crippen LogP contribution in [-0.2, 0) is 14.8 Å². The van der Waals surface area contributed by atoms with Crippen LogP contribution >= 0.6 is 0 Å². The number of carbonyl (C=O) groups is 1. The number of amides is 1. The van der Waals surface area contributed by atoms with Gasteiger partial charge in [-0.25, -0.2) is 8.42 Å². The first-order valence-corrected chi connectivity index (χ1v) is 7.47. The molecule has 0 saturated heterocycles. The largest absolute Gasteiger partial charge is 0.353 e. The van der Waals surface area contributed by atoms with E-state index in [4.69, 9.17) is 5.26 Å². The van der Waals surface area contributed by atoms with Gasteiger partial charge in [0.15, 0.2) is 5.25 Å². The number of nitrogens with zero attached hydrogens (tertiary/aromatic N) is 2. The van der Waals surface area contributed by atoms with Gasteiger partial charge in [-0.2, -0.15) is 9.57 Å². The second-order valence-corrected chi connectivity index (χ2v) is 6.33. The van der Waals surface area contributed by atoms with E-state index in [0.29, 0.717) is 0 Å². The lowest BCUT2D eigenvalue weighted by atomic mass is 10.4. The Morgan fingerprint density at radius 2 is 1.94 bits per heavy atom. The Labute approximate surface area is 109 Å². The fraction of sp³-hybridized carbons (Fsp3) is 0.818. The molecule has 0 radical (unpaired) electrons. The smallest absolute Gasteiger partial charge is 0.235 e. The molecule has 18 heavy (non-hydrogen) atoms. The number of likely N-dealkylation sites (N-methyl/N-ethyl adjacent to an activating group) is 1. The van der Waals surface area contributed by atoms with E-state index in [1.54, 1.807) is 33.8 Å². The van der Waals surface area contributed by atoms with Crippen molar-refractivity contribution in [1.82, 2.24) is 9.62 Å². The monoisotopic (exact) mass is 275 g/mol. The van der Waals surface area contributed by atoms with Gasteiger partial charge >= 0.3 is 0 Å². The topological polar surface area (TPSA) is 90.3 Å². The second kappa shape index (κ2) is 7.34. The highest BCUT2D eigenvalue weighted by Crippen LogP contribution is 2.11. The fourth-order valence-electron chi connectivity index (χ4n) is 1.46. The lowest BCUT2D eigenvalue weighted by molar-refractivity contribution is -0.121. The normalized spacial score (nSPS) is 13.4. The minimum absolute atomic E-state index is 0.0446. The van der Waals surface area contributed by atoms with Gasteiger partial charge in [0.2, 0.25) is 15.9 Å². The summed E-state index contributed by atoms with van der Waals surface area (Å²) in [5.74, 6) is -0.358. The van der Waals surface area contributed by atoms with Gasteiger partial charge in [-0.1, -0.05) is 13.8 Å². The van der Waals surface area contributed by atoms with Gasteiger partial charge in [0.05, 0.1) is 12.6 Å². The van der Waals surface area contributed by atoms with Crippen LogP contribution in [0.15, 0.2) is 0 Å². The summed E-state index contributed by atoms with van der Waals surface area (Å²) in [4.78, 5) is 11.6. The summed E-state index contributed by atoms with van der Waals surface area (Å²) in [7, 11) is -3.73. The van der Waals surface area contributed by atoms with Crippen molar-refractivity contribution in [1.29, 1.82) is 5.26 Å². The summed E-state index contributed by atoms with van der Waals surface area (Å²) in [6.07, 6.45) is 0.209. The molecule has 6 nitrogen and oxygen atoms in total. The Morgan fingerprint density at radius 3 is 2.28 bits per heavy atom. The number of sulfonamides is 1. The van der Waals surface area contributed by atoms with Crippen LogP contribution in [0.25, 0.3) is 0 Å². The molecule has 0 saturated carbocycles. The lowest BCUT2D eigenvalue weighted by Gasteiger charge is -2.22. The summed E-state index contributed by atoms with van der Waals surface area (Å²) in [5, 5.41) is 10.4. The Balaban J connectivity index is 4.89. The summed E-state index contributed by atoms with van der Waals surface area (Å²) in [6.45, 7) is 6.80. The van der Waals surface area contributed by atoms with Gasteiger partial charge in [0.25, 0.3) is 0 Å². The minimum atomic E-state index is -3.73. The van der Waals surface area contributed by atoms with Crippen molar-refractivity contribution in [3.63, 3.8) is 0 Å². The number of hydrogen-bond acceptors (Lipinski definition) is 4. The van der Waals surface area contributed by atoms with Crippen LogP contribution in [0.5, 0.6) is 0 Å². The van der Waals surface area contributed by atoms with Gasteiger partial charge in [-0.15, -0.1) is 0 Å². The van der Waals surface area contributed by atoms with Crippen LogP contribution in [0.4, 0.5) is 0 Å². The third kappa shape index (κ3) is 4.63. The van der Waals surface area contributed by atoms with Gasteiger partial charge < -0.3 is 5.32 Å². The number of hydrogen-bond donors (Lipinski definition) is 1. The van der Waals surface area contributed by atoms with Crippen molar-refractivity contribution < 1.29 is 13.2 Å². The van der Waals surface area contributed by atoms with Gasteiger partial charge in [0.1, 0.15) is 0 Å². The van der Waals surface area contributed by atoms with E-state index >= 15 is 0 Å². The molecule has 1 unspecified atom stereocenters. The third-order valence-corrected chi connectivity index (χ3v) is 4.62. The molecule has 0 aromatic heterocycles. The van der Waals surface area contributed by atoms with Crippen LogP contribution in [0.3, 0.4) is 0 Å². The molecule has 7 heteroatoms. The van der Waals surface area contributed by atoms with Crippen molar-refractivity contribution in [2.45, 2.75) is 45.4 Å². The number of rotatable bonds is 7. The summed E-state index contributed by atoms with van der Waals surface area (Å²) >= 11 is 0. The molecule has 0 heterocycles. The number of nitriles is 1. The Morgan fingerprint density at radius 1 is 1.39 bits per heavy atom. The molecular formula is C11H21N3O3S. The zero-order chi connectivity index (χ0) is 14.3. The molecule has 0 aliphatic carbocycles. The van der Waals surface area contributed by atoms with Crippen LogP contribution < -0.4 is 5.32 Å². The molecule has 0 bridgehead atoms. The molecule has 0 fully saturated rings. The maximum atomic E-state index is 12.1. The van der Waals surface area contributed by atoms with Crippen molar-refractivity contribution in [2.24, 2.45) is 0 Å². The maximum Gasteiger partial charge on any atom is 0.235 e. The quantitative estimate of drug-likeness (QED) is 0.731. The van der Waals surface area contributed by atoms with Crippen molar-refractivity contribution in [3.8, 4) is 6.07 Å². The second-order valence-electron chi connectivity index (χ2n) is 4.22. The van der Waals surface area contributed by atoms with E-state index in [0.717, 1.165) is 4.31 Å². The first-order valence-electron chi connectivity index (χ1n) is 5.97. The molecular weight excluding hydrogens is 254 g/mol. The van der Waals surface area contributed by atoms with Gasteiger partial charge in [-0.05, 0) is 20.3 Å². The maximum absolute atomic E-state index is 12.1. The Hall–Kier alpha value is -1.13. The van der Waals surface area contributed by atoms with Crippen molar-refractivity contribution >= 4 is 15.9 Å². The first-order chi connectivity index (χ1) is 8.29. The first kappa shape index (κ1) is 16.9. The fourth-order valence-corrected chi connectivity index (χ4v) is 3.03. The zero-order valence-electron chi connectivity index (χ0n) is 11.3. The zero-order valence-corrected chi connectivity index (χ0v) is 12.1. The average Bonchev–Trinajstić information content (AvgIpc) is 2.25. The molecule has 104 valence electrons. The molecule has 0 rings (SSSR count). The number of nitrogens with one attached hydrogen (secondary N) is 1. The van der Waals surface area contributed by atoms with E-state index in [1.807, 2.05) is 0 Å². The predicted octanol–water partition coefficient (Wildman–Crippen LogP) is 0.465. The SMILES string of the molecule is CCC(C#N)S(=O)(=O)N(CC)CC(=O)NC(C)C. The average molecular weight is 275 g/mol. The number of carbonyl (C=O) groups excluding carboxylic acids is 1. The minimum Gasteiger partial charge on any atom is -0.353 e. The highest BCUT2D eigenvalue weighted by Gasteiger charge is 2.31. The molecule has 0 aromatic rings. The van der Waals surface area contributed by atoms with Crippen LogP contribution in [0.2, 0.25) is 0 Å². The molecule has 0 spiro atoms. The summed E-state index contributed by atoms with van der Waals surface area (Å²) < 4.78 is 25.2. The lowest BCUT2D eigenvalue weighted by Crippen LogP contribution is -2.45. The van der Waals surface area contributed by atoms with Crippen LogP contribution in [0.1, 0.15) is 34.1 Å². The molecule has 0 aliphatic rings. The van der Waals surface area contributed by atoms with Gasteiger partial charge in [0, 0.05) is 12.6 Å². The van der Waals surface area contributed by atoms with E-state index in [-0.39, 0.29) is 31.5 Å². The third-order valence-electron chi connectivity index (χ3n) is 2.36. The summed E-state index contributed by atoms with van der Waals surface area (Å²) in [5.41, 5.74) is 0. The van der Waals surface area contributed by atoms with Crippen molar-refractivity contribution in [3.05, 3.63) is 0 Å². The van der Waals surface area contributed by atoms with E-state index in [1.165, 1.54) is 0 Å². The van der Waals surface area contributed by atoms with Crippen LogP contribution in [0, 0.1) is 11.3 Å². The van der Waals surface area contributed by atoms with Crippen molar-refractivity contribution in [2.75, 3.05) is 13.1 Å².